The smallest absolute Gasteiger partial charge is 0.214 e. The van der Waals surface area contributed by atoms with Crippen molar-refractivity contribution in [1.29, 1.82) is 0 Å². The molecule has 0 amide bonds. The lowest BCUT2D eigenvalue weighted by molar-refractivity contribution is 0.589. The molecule has 4 heterocycles. The number of aryl methyl sites for hydroxylation is 2. The molecule has 294 valence electrons. The van der Waals surface area contributed by atoms with Crippen LogP contribution in [0, 0.1) is 25.7 Å². The van der Waals surface area contributed by atoms with E-state index in [4.69, 9.17) is 9.97 Å². The first-order valence-electron chi connectivity index (χ1n) is 20.6. The van der Waals surface area contributed by atoms with Gasteiger partial charge in [0.25, 0.3) is 0 Å². The molecule has 0 fully saturated rings. The molecule has 0 saturated carbocycles. The predicted octanol–water partition coefficient (Wildman–Crippen LogP) is 14.8. The Balaban J connectivity index is 1.13. The SMILES string of the molecule is Cc1cc(-c2cc(-c3ccccc3)c3ccc4c(-c5ccccc5)cc(F)nc4c3n2)c(C)cc1-c1cc(-c2ccccc2)c2ccc3c(-c4ccccc4)cc(F)nc3c2n1. The van der Waals surface area contributed by atoms with E-state index in [0.29, 0.717) is 22.1 Å². The van der Waals surface area contributed by atoms with E-state index < -0.39 is 11.9 Å². The lowest BCUT2D eigenvalue weighted by Gasteiger charge is -2.17. The molecule has 0 aliphatic carbocycles. The van der Waals surface area contributed by atoms with Crippen molar-refractivity contribution in [2.45, 2.75) is 13.8 Å². The van der Waals surface area contributed by atoms with Gasteiger partial charge in [0, 0.05) is 44.8 Å². The number of nitrogens with zero attached hydrogens (tertiary/aromatic N) is 4. The minimum Gasteiger partial charge on any atom is -0.245 e. The van der Waals surface area contributed by atoms with Crippen molar-refractivity contribution in [3.05, 3.63) is 205 Å². The Kier molecular flexibility index (Phi) is 8.94. The van der Waals surface area contributed by atoms with Gasteiger partial charge in [0.2, 0.25) is 11.9 Å². The third-order valence-corrected chi connectivity index (χ3v) is 11.9. The maximum Gasteiger partial charge on any atom is 0.214 e. The fraction of sp³-hybridized carbons (Fsp3) is 0.0357. The summed E-state index contributed by atoms with van der Waals surface area (Å²) in [6.07, 6.45) is 0. The number of halogens is 2. The molecule has 11 aromatic rings. The second-order valence-corrected chi connectivity index (χ2v) is 15.8. The Morgan fingerprint density at radius 2 is 0.565 bits per heavy atom. The lowest BCUT2D eigenvalue weighted by atomic mass is 9.91. The summed E-state index contributed by atoms with van der Waals surface area (Å²) >= 11 is 0. The van der Waals surface area contributed by atoms with E-state index in [2.05, 4.69) is 84.5 Å². The van der Waals surface area contributed by atoms with Crippen LogP contribution in [-0.4, -0.2) is 19.9 Å². The zero-order chi connectivity index (χ0) is 41.9. The number of benzene rings is 7. The van der Waals surface area contributed by atoms with Gasteiger partial charge in [0.05, 0.1) is 22.4 Å². The molecule has 0 saturated heterocycles. The third kappa shape index (κ3) is 6.36. The minimum atomic E-state index is -0.562. The van der Waals surface area contributed by atoms with Crippen molar-refractivity contribution in [1.82, 2.24) is 19.9 Å². The van der Waals surface area contributed by atoms with Gasteiger partial charge < -0.3 is 0 Å². The summed E-state index contributed by atoms with van der Waals surface area (Å²) in [7, 11) is 0. The standard InChI is InChI=1S/C56H36F2N4/c1-33-27-44(50-30-46(36-17-9-4-10-18-36)40-24-26-42-48(38-21-13-6-14-22-38)32-52(58)62-56(42)54(40)60-50)34(2)28-43(33)49-29-45(35-15-7-3-8-16-35)39-23-25-41-47(37-19-11-5-12-20-37)31-51(57)61-55(41)53(39)59-49/h3-32H,1-2H3. The molecular formula is C56H36F2N4. The summed E-state index contributed by atoms with van der Waals surface area (Å²) in [5, 5.41) is 3.42. The third-order valence-electron chi connectivity index (χ3n) is 11.9. The first kappa shape index (κ1) is 37.1. The van der Waals surface area contributed by atoms with Gasteiger partial charge in [-0.3, -0.25) is 0 Å². The van der Waals surface area contributed by atoms with Crippen molar-refractivity contribution in [2.24, 2.45) is 0 Å². The van der Waals surface area contributed by atoms with E-state index in [1.54, 1.807) is 0 Å². The summed E-state index contributed by atoms with van der Waals surface area (Å²) in [6, 6.07) is 59.9. The largest absolute Gasteiger partial charge is 0.245 e. The summed E-state index contributed by atoms with van der Waals surface area (Å²) in [5.41, 5.74) is 14.9. The fourth-order valence-electron chi connectivity index (χ4n) is 8.96. The van der Waals surface area contributed by atoms with Crippen LogP contribution >= 0.6 is 0 Å². The second-order valence-electron chi connectivity index (χ2n) is 15.8. The first-order valence-corrected chi connectivity index (χ1v) is 20.6. The van der Waals surface area contributed by atoms with Gasteiger partial charge in [0.15, 0.2) is 0 Å². The van der Waals surface area contributed by atoms with Gasteiger partial charge in [-0.1, -0.05) is 146 Å². The van der Waals surface area contributed by atoms with Gasteiger partial charge in [-0.05, 0) is 93.7 Å². The molecular weight excluding hydrogens is 767 g/mol. The zero-order valence-electron chi connectivity index (χ0n) is 33.9. The Morgan fingerprint density at radius 3 is 0.871 bits per heavy atom. The van der Waals surface area contributed by atoms with Crippen LogP contribution in [0.2, 0.25) is 0 Å². The first-order chi connectivity index (χ1) is 30.4. The maximum atomic E-state index is 15.6. The van der Waals surface area contributed by atoms with E-state index in [9.17, 15) is 0 Å². The monoisotopic (exact) mass is 802 g/mol. The van der Waals surface area contributed by atoms with Crippen molar-refractivity contribution >= 4 is 43.6 Å². The van der Waals surface area contributed by atoms with Crippen LogP contribution in [0.1, 0.15) is 11.1 Å². The molecule has 0 aliphatic heterocycles. The van der Waals surface area contributed by atoms with Gasteiger partial charge in [-0.2, -0.15) is 8.78 Å². The molecule has 0 radical (unpaired) electrons. The average molecular weight is 803 g/mol. The summed E-state index contributed by atoms with van der Waals surface area (Å²) in [6.45, 7) is 4.16. The van der Waals surface area contributed by atoms with E-state index in [1.807, 2.05) is 109 Å². The van der Waals surface area contributed by atoms with Crippen molar-refractivity contribution in [3.8, 4) is 67.0 Å². The minimum absolute atomic E-state index is 0.507. The molecule has 11 rings (SSSR count). The molecule has 0 N–H and O–H groups in total. The van der Waals surface area contributed by atoms with Crippen LogP contribution in [0.3, 0.4) is 0 Å². The Hall–Kier alpha value is -7.96. The molecule has 0 spiro atoms. The molecule has 7 aromatic carbocycles. The van der Waals surface area contributed by atoms with Gasteiger partial charge in [0.1, 0.15) is 11.0 Å². The van der Waals surface area contributed by atoms with E-state index >= 15 is 8.78 Å². The molecule has 4 aromatic heterocycles. The van der Waals surface area contributed by atoms with Crippen molar-refractivity contribution in [2.75, 3.05) is 0 Å². The molecule has 0 aliphatic rings. The molecule has 0 unspecified atom stereocenters. The van der Waals surface area contributed by atoms with Crippen LogP contribution < -0.4 is 0 Å². The van der Waals surface area contributed by atoms with Crippen LogP contribution in [0.15, 0.2) is 182 Å². The van der Waals surface area contributed by atoms with E-state index in [-0.39, 0.29) is 0 Å². The molecule has 0 atom stereocenters. The average Bonchev–Trinajstić information content (AvgIpc) is 3.32. The molecule has 0 bridgehead atoms. The second kappa shape index (κ2) is 14.9. The highest BCUT2D eigenvalue weighted by Gasteiger charge is 2.21. The maximum absolute atomic E-state index is 15.6. The lowest BCUT2D eigenvalue weighted by Crippen LogP contribution is -1.98. The quantitative estimate of drug-likeness (QED) is 0.124. The number of aromatic nitrogens is 4. The van der Waals surface area contributed by atoms with Crippen LogP contribution in [0.5, 0.6) is 0 Å². The van der Waals surface area contributed by atoms with Gasteiger partial charge in [-0.25, -0.2) is 19.9 Å². The van der Waals surface area contributed by atoms with E-state index in [0.717, 1.165) is 99.7 Å². The number of hydrogen-bond acceptors (Lipinski definition) is 4. The van der Waals surface area contributed by atoms with Crippen molar-refractivity contribution < 1.29 is 8.78 Å². The summed E-state index contributed by atoms with van der Waals surface area (Å²) in [5.74, 6) is -1.12. The molecule has 4 nitrogen and oxygen atoms in total. The Morgan fingerprint density at radius 1 is 0.290 bits per heavy atom. The summed E-state index contributed by atoms with van der Waals surface area (Å²) < 4.78 is 31.1. The number of pyridine rings is 4. The Bertz CT molecular complexity index is 3300. The van der Waals surface area contributed by atoms with Gasteiger partial charge >= 0.3 is 0 Å². The number of rotatable bonds is 6. The highest BCUT2D eigenvalue weighted by Crippen LogP contribution is 2.42. The van der Waals surface area contributed by atoms with Crippen molar-refractivity contribution in [3.63, 3.8) is 0 Å². The Labute approximate surface area is 356 Å². The zero-order valence-corrected chi connectivity index (χ0v) is 33.9. The normalized spacial score (nSPS) is 11.5. The highest BCUT2D eigenvalue weighted by atomic mass is 19.1. The van der Waals surface area contributed by atoms with E-state index in [1.165, 1.54) is 12.1 Å². The van der Waals surface area contributed by atoms with Crippen LogP contribution in [0.4, 0.5) is 8.78 Å². The summed E-state index contributed by atoms with van der Waals surface area (Å²) in [4.78, 5) is 19.6. The van der Waals surface area contributed by atoms with Gasteiger partial charge in [-0.15, -0.1) is 0 Å². The highest BCUT2D eigenvalue weighted by molar-refractivity contribution is 6.14. The molecule has 6 heteroatoms. The number of hydrogen-bond donors (Lipinski definition) is 0. The van der Waals surface area contributed by atoms with Crippen LogP contribution in [0.25, 0.3) is 111 Å². The predicted molar refractivity (Wildman–Crippen MR) is 250 cm³/mol. The fourth-order valence-corrected chi connectivity index (χ4v) is 8.96. The topological polar surface area (TPSA) is 51.6 Å². The molecule has 62 heavy (non-hydrogen) atoms. The number of fused-ring (bicyclic) bond motifs is 6. The van der Waals surface area contributed by atoms with Crippen LogP contribution in [-0.2, 0) is 0 Å².